The first-order valence-electron chi connectivity index (χ1n) is 11.1. The molecule has 7 heteroatoms. The summed E-state index contributed by atoms with van der Waals surface area (Å²) in [5.74, 6) is 3.40. The van der Waals surface area contributed by atoms with Gasteiger partial charge in [0.05, 0.1) is 6.54 Å². The minimum atomic E-state index is 0.0693. The van der Waals surface area contributed by atoms with Gasteiger partial charge in [0, 0.05) is 61.4 Å². The van der Waals surface area contributed by atoms with E-state index in [0.29, 0.717) is 19.5 Å². The fourth-order valence-electron chi connectivity index (χ4n) is 4.05. The fraction of sp³-hybridized carbons (Fsp3) is 0.417. The zero-order valence-electron chi connectivity index (χ0n) is 18.1. The van der Waals surface area contributed by atoms with E-state index in [-0.39, 0.29) is 11.8 Å². The molecular weight excluding hydrogens is 406 g/mol. The van der Waals surface area contributed by atoms with Crippen molar-refractivity contribution in [1.82, 2.24) is 10.6 Å². The van der Waals surface area contributed by atoms with E-state index in [1.54, 1.807) is 0 Å². The summed E-state index contributed by atoms with van der Waals surface area (Å²) in [4.78, 5) is 19.3. The van der Waals surface area contributed by atoms with E-state index in [0.717, 1.165) is 31.3 Å². The van der Waals surface area contributed by atoms with Crippen LogP contribution in [0.4, 0.5) is 11.4 Å². The monoisotopic (exact) mass is 437 g/mol. The highest BCUT2D eigenvalue weighted by atomic mass is 32.2. The van der Waals surface area contributed by atoms with Crippen LogP contribution in [0.5, 0.6) is 0 Å². The van der Waals surface area contributed by atoms with Crippen LogP contribution in [0, 0.1) is 0 Å². The number of fused-ring (bicyclic) bond motifs is 1. The number of hydrogen-bond donors (Lipinski definition) is 3. The van der Waals surface area contributed by atoms with Crippen molar-refractivity contribution in [3.63, 3.8) is 0 Å². The maximum Gasteiger partial charge on any atom is 0.225 e. The van der Waals surface area contributed by atoms with E-state index in [4.69, 9.17) is 4.99 Å². The molecule has 0 radical (unpaired) electrons. The third kappa shape index (κ3) is 5.73. The third-order valence-corrected chi connectivity index (χ3v) is 6.64. The van der Waals surface area contributed by atoms with Crippen molar-refractivity contribution in [3.8, 4) is 0 Å². The lowest BCUT2D eigenvalue weighted by Gasteiger charge is -2.28. The predicted octanol–water partition coefficient (Wildman–Crippen LogP) is 3.42. The van der Waals surface area contributed by atoms with E-state index in [2.05, 4.69) is 58.1 Å². The Morgan fingerprint density at radius 1 is 1.13 bits per heavy atom. The molecule has 6 nitrogen and oxygen atoms in total. The zero-order valence-corrected chi connectivity index (χ0v) is 18.9. The Labute approximate surface area is 188 Å². The molecule has 4 rings (SSSR count). The average Bonchev–Trinajstić information content (AvgIpc) is 2.81. The third-order valence-electron chi connectivity index (χ3n) is 5.70. The van der Waals surface area contributed by atoms with Gasteiger partial charge in [-0.15, -0.1) is 0 Å². The molecule has 1 atom stereocenters. The van der Waals surface area contributed by atoms with Crippen molar-refractivity contribution < 1.29 is 4.79 Å². The second-order valence-corrected chi connectivity index (χ2v) is 9.10. The van der Waals surface area contributed by atoms with Crippen molar-refractivity contribution in [2.75, 3.05) is 47.9 Å². The molecule has 0 aromatic heterocycles. The summed E-state index contributed by atoms with van der Waals surface area (Å²) in [6.45, 7) is 6.39. The Hall–Kier alpha value is -2.67. The molecule has 31 heavy (non-hydrogen) atoms. The van der Waals surface area contributed by atoms with Crippen LogP contribution in [0.2, 0.25) is 0 Å². The van der Waals surface area contributed by atoms with Gasteiger partial charge in [-0.25, -0.2) is 4.99 Å². The summed E-state index contributed by atoms with van der Waals surface area (Å²) in [5, 5.41) is 9.71. The first kappa shape index (κ1) is 21.6. The van der Waals surface area contributed by atoms with E-state index >= 15 is 0 Å². The second-order valence-electron chi connectivity index (χ2n) is 7.88. The van der Waals surface area contributed by atoms with Crippen LogP contribution in [-0.4, -0.2) is 49.6 Å². The highest BCUT2D eigenvalue weighted by Crippen LogP contribution is 2.31. The summed E-state index contributed by atoms with van der Waals surface area (Å²) >= 11 is 2.03. The van der Waals surface area contributed by atoms with Crippen LogP contribution >= 0.6 is 11.8 Å². The maximum absolute atomic E-state index is 12.1. The molecule has 1 amide bonds. The van der Waals surface area contributed by atoms with Crippen molar-refractivity contribution in [2.24, 2.45) is 4.99 Å². The molecule has 2 heterocycles. The molecule has 164 valence electrons. The number of aliphatic imine (C=N–C) groups is 1. The number of nitrogens with one attached hydrogen (secondary N) is 3. The molecule has 3 N–H and O–H groups in total. The first-order chi connectivity index (χ1) is 15.2. The van der Waals surface area contributed by atoms with Crippen LogP contribution in [-0.2, 0) is 11.3 Å². The normalized spacial score (nSPS) is 18.9. The van der Waals surface area contributed by atoms with Gasteiger partial charge in [-0.2, -0.15) is 11.8 Å². The summed E-state index contributed by atoms with van der Waals surface area (Å²) in [5.41, 5.74) is 4.58. The van der Waals surface area contributed by atoms with Gasteiger partial charge in [0.25, 0.3) is 0 Å². The second kappa shape index (κ2) is 10.6. The van der Waals surface area contributed by atoms with Crippen molar-refractivity contribution in [2.45, 2.75) is 25.8 Å². The Morgan fingerprint density at radius 3 is 2.68 bits per heavy atom. The predicted molar refractivity (Wildman–Crippen MR) is 131 cm³/mol. The van der Waals surface area contributed by atoms with Gasteiger partial charge >= 0.3 is 0 Å². The zero-order chi connectivity index (χ0) is 21.5. The van der Waals surface area contributed by atoms with Crippen molar-refractivity contribution >= 4 is 35.0 Å². The Bertz CT molecular complexity index is 908. The Kier molecular flexibility index (Phi) is 7.35. The molecule has 0 aliphatic carbocycles. The topological polar surface area (TPSA) is 68.8 Å². The number of benzene rings is 2. The van der Waals surface area contributed by atoms with E-state index in [9.17, 15) is 4.79 Å². The first-order valence-corrected chi connectivity index (χ1v) is 12.2. The lowest BCUT2D eigenvalue weighted by atomic mass is 9.90. The van der Waals surface area contributed by atoms with Crippen LogP contribution in [0.1, 0.15) is 30.4 Å². The molecule has 2 aromatic rings. The SMILES string of the molecule is CCNC(=NCc1ccc(N2CCSCC2)cc1)NCC1CC(=O)Nc2ccccc21. The summed E-state index contributed by atoms with van der Waals surface area (Å²) < 4.78 is 0. The van der Waals surface area contributed by atoms with Crippen LogP contribution in [0.25, 0.3) is 0 Å². The quantitative estimate of drug-likeness (QED) is 0.477. The molecule has 2 aliphatic rings. The molecular formula is C24H31N5OS. The van der Waals surface area contributed by atoms with Crippen molar-refractivity contribution in [1.29, 1.82) is 0 Å². The van der Waals surface area contributed by atoms with Crippen LogP contribution < -0.4 is 20.9 Å². The smallest absolute Gasteiger partial charge is 0.225 e. The molecule has 0 bridgehead atoms. The van der Waals surface area contributed by atoms with Gasteiger partial charge in [-0.1, -0.05) is 30.3 Å². The molecule has 0 saturated carbocycles. The van der Waals surface area contributed by atoms with E-state index in [1.165, 1.54) is 28.3 Å². The average molecular weight is 438 g/mol. The number of thioether (sulfide) groups is 1. The number of guanidine groups is 1. The van der Waals surface area contributed by atoms with E-state index < -0.39 is 0 Å². The largest absolute Gasteiger partial charge is 0.370 e. The van der Waals surface area contributed by atoms with Gasteiger partial charge in [0.1, 0.15) is 0 Å². The molecule has 0 spiro atoms. The standard InChI is InChI=1S/C24H31N5OS/c1-2-25-24(27-17-19-15-23(30)28-22-6-4-3-5-21(19)22)26-16-18-7-9-20(10-8-18)29-11-13-31-14-12-29/h3-10,19H,2,11-17H2,1H3,(H,28,30)(H2,25,26,27). The number of amides is 1. The van der Waals surface area contributed by atoms with Gasteiger partial charge in [0.15, 0.2) is 5.96 Å². The summed E-state index contributed by atoms with van der Waals surface area (Å²) in [6.07, 6.45) is 0.486. The number of hydrogen-bond acceptors (Lipinski definition) is 4. The van der Waals surface area contributed by atoms with Gasteiger partial charge in [0.2, 0.25) is 5.91 Å². The molecule has 1 unspecified atom stereocenters. The summed E-state index contributed by atoms with van der Waals surface area (Å²) in [6, 6.07) is 16.8. The fourth-order valence-corrected chi connectivity index (χ4v) is 4.95. The number of rotatable bonds is 6. The summed E-state index contributed by atoms with van der Waals surface area (Å²) in [7, 11) is 0. The van der Waals surface area contributed by atoms with Crippen LogP contribution in [0.3, 0.4) is 0 Å². The van der Waals surface area contributed by atoms with Crippen LogP contribution in [0.15, 0.2) is 53.5 Å². The minimum absolute atomic E-state index is 0.0693. The lowest BCUT2D eigenvalue weighted by molar-refractivity contribution is -0.116. The highest BCUT2D eigenvalue weighted by Gasteiger charge is 2.24. The highest BCUT2D eigenvalue weighted by molar-refractivity contribution is 7.99. The number of para-hydroxylation sites is 1. The molecule has 2 aromatic carbocycles. The maximum atomic E-state index is 12.1. The number of nitrogens with zero attached hydrogens (tertiary/aromatic N) is 2. The van der Waals surface area contributed by atoms with Gasteiger partial charge < -0.3 is 20.9 Å². The van der Waals surface area contributed by atoms with Gasteiger partial charge in [-0.05, 0) is 36.2 Å². The molecule has 1 fully saturated rings. The van der Waals surface area contributed by atoms with E-state index in [1.807, 2.05) is 30.0 Å². The minimum Gasteiger partial charge on any atom is -0.370 e. The molecule has 1 saturated heterocycles. The lowest BCUT2D eigenvalue weighted by Crippen LogP contribution is -2.40. The number of anilines is 2. The van der Waals surface area contributed by atoms with Crippen molar-refractivity contribution in [3.05, 3.63) is 59.7 Å². The van der Waals surface area contributed by atoms with Gasteiger partial charge in [-0.3, -0.25) is 4.79 Å². The number of carbonyl (C=O) groups is 1. The number of carbonyl (C=O) groups excluding carboxylic acids is 1. The Balaban J connectivity index is 1.37. The Morgan fingerprint density at radius 2 is 1.90 bits per heavy atom. The molecule has 2 aliphatic heterocycles.